The zero-order valence-corrected chi connectivity index (χ0v) is 19.4. The van der Waals surface area contributed by atoms with Crippen molar-refractivity contribution in [1.29, 1.82) is 0 Å². The third-order valence-corrected chi connectivity index (χ3v) is 4.47. The topological polar surface area (TPSA) is 106 Å². The normalized spacial score (nSPS) is 11.7. The van der Waals surface area contributed by atoms with Gasteiger partial charge in [-0.15, -0.1) is 0 Å². The molecule has 2 aromatic carbocycles. The number of hydrogen-bond donors (Lipinski definition) is 3. The molecular formula is C25H33N3O5. The summed E-state index contributed by atoms with van der Waals surface area (Å²) in [6, 6.07) is 18.1. The highest BCUT2D eigenvalue weighted by molar-refractivity contribution is 5.85. The molecule has 3 N–H and O–H groups in total. The highest BCUT2D eigenvalue weighted by atomic mass is 16.6. The molecule has 8 heteroatoms. The van der Waals surface area contributed by atoms with Gasteiger partial charge in [-0.25, -0.2) is 9.59 Å². The third kappa shape index (κ3) is 11.0. The fourth-order valence-corrected chi connectivity index (χ4v) is 2.90. The molecule has 0 saturated heterocycles. The quantitative estimate of drug-likeness (QED) is 0.471. The summed E-state index contributed by atoms with van der Waals surface area (Å²) in [6.45, 7) is 6.08. The van der Waals surface area contributed by atoms with E-state index in [-0.39, 0.29) is 12.5 Å². The molecule has 0 fully saturated rings. The summed E-state index contributed by atoms with van der Waals surface area (Å²) < 4.78 is 10.5. The molecule has 2 aromatic rings. The van der Waals surface area contributed by atoms with Gasteiger partial charge in [-0.2, -0.15) is 0 Å². The second-order valence-corrected chi connectivity index (χ2v) is 8.53. The van der Waals surface area contributed by atoms with Gasteiger partial charge in [-0.05, 0) is 44.7 Å². The maximum Gasteiger partial charge on any atom is 0.408 e. The van der Waals surface area contributed by atoms with Crippen LogP contribution >= 0.6 is 0 Å². The van der Waals surface area contributed by atoms with Crippen LogP contribution in [-0.4, -0.2) is 36.3 Å². The van der Waals surface area contributed by atoms with Gasteiger partial charge < -0.3 is 25.4 Å². The van der Waals surface area contributed by atoms with Crippen molar-refractivity contribution in [1.82, 2.24) is 16.0 Å². The number of rotatable bonds is 10. The standard InChI is InChI=1S/C25H33N3O5/c1-25(2,3)33-24(31)28-21(22(29)27-17-19-11-6-4-7-12-19)15-10-16-26-23(30)32-18-20-13-8-5-9-14-20/h4-9,11-14,21H,10,15-18H2,1-3H3,(H,26,30)(H,27,29)(H,28,31)/t21-/m0/s1. The van der Waals surface area contributed by atoms with E-state index in [1.807, 2.05) is 60.7 Å². The minimum atomic E-state index is -0.800. The van der Waals surface area contributed by atoms with Crippen molar-refractivity contribution in [3.63, 3.8) is 0 Å². The smallest absolute Gasteiger partial charge is 0.408 e. The van der Waals surface area contributed by atoms with Gasteiger partial charge in [0.2, 0.25) is 5.91 Å². The molecule has 3 amide bonds. The average Bonchev–Trinajstić information content (AvgIpc) is 2.78. The van der Waals surface area contributed by atoms with Crippen molar-refractivity contribution in [2.75, 3.05) is 6.54 Å². The molecule has 0 heterocycles. The molecular weight excluding hydrogens is 422 g/mol. The second-order valence-electron chi connectivity index (χ2n) is 8.53. The summed E-state index contributed by atoms with van der Waals surface area (Å²) in [6.07, 6.45) is -0.431. The molecule has 178 valence electrons. The number of carbonyl (C=O) groups excluding carboxylic acids is 3. The van der Waals surface area contributed by atoms with E-state index in [1.54, 1.807) is 20.8 Å². The number of nitrogens with one attached hydrogen (secondary N) is 3. The first-order chi connectivity index (χ1) is 15.7. The fourth-order valence-electron chi connectivity index (χ4n) is 2.90. The van der Waals surface area contributed by atoms with Gasteiger partial charge in [-0.1, -0.05) is 60.7 Å². The minimum Gasteiger partial charge on any atom is -0.445 e. The lowest BCUT2D eigenvalue weighted by atomic mass is 10.1. The lowest BCUT2D eigenvalue weighted by Crippen LogP contribution is -2.48. The first-order valence-corrected chi connectivity index (χ1v) is 11.0. The van der Waals surface area contributed by atoms with Crippen LogP contribution in [-0.2, 0) is 27.4 Å². The number of alkyl carbamates (subject to hydrolysis) is 2. The molecule has 0 unspecified atom stereocenters. The van der Waals surface area contributed by atoms with Gasteiger partial charge in [0.25, 0.3) is 0 Å². The van der Waals surface area contributed by atoms with E-state index in [0.29, 0.717) is 25.9 Å². The molecule has 0 aromatic heterocycles. The van der Waals surface area contributed by atoms with Crippen LogP contribution in [0.5, 0.6) is 0 Å². The maximum atomic E-state index is 12.7. The van der Waals surface area contributed by atoms with Crippen LogP contribution in [0.15, 0.2) is 60.7 Å². The lowest BCUT2D eigenvalue weighted by molar-refractivity contribution is -0.123. The van der Waals surface area contributed by atoms with Gasteiger partial charge in [0, 0.05) is 13.1 Å². The summed E-state index contributed by atoms with van der Waals surface area (Å²) >= 11 is 0. The summed E-state index contributed by atoms with van der Waals surface area (Å²) in [7, 11) is 0. The minimum absolute atomic E-state index is 0.178. The van der Waals surface area contributed by atoms with Crippen LogP contribution < -0.4 is 16.0 Å². The Kier molecular flexibility index (Phi) is 10.2. The molecule has 0 aliphatic heterocycles. The SMILES string of the molecule is CC(C)(C)OC(=O)N[C@@H](CCCNC(=O)OCc1ccccc1)C(=O)NCc1ccccc1. The largest absolute Gasteiger partial charge is 0.445 e. The Morgan fingerprint density at radius 1 is 0.848 bits per heavy atom. The van der Waals surface area contributed by atoms with Gasteiger partial charge >= 0.3 is 12.2 Å². The predicted octanol–water partition coefficient (Wildman–Crippen LogP) is 3.90. The van der Waals surface area contributed by atoms with Crippen LogP contribution in [0.3, 0.4) is 0 Å². The van der Waals surface area contributed by atoms with Crippen LogP contribution in [0, 0.1) is 0 Å². The Balaban J connectivity index is 1.81. The van der Waals surface area contributed by atoms with Crippen molar-refractivity contribution >= 4 is 18.1 Å². The van der Waals surface area contributed by atoms with Crippen LogP contribution in [0.1, 0.15) is 44.7 Å². The van der Waals surface area contributed by atoms with Gasteiger partial charge in [0.15, 0.2) is 0 Å². The van der Waals surface area contributed by atoms with Gasteiger partial charge in [0.1, 0.15) is 18.2 Å². The zero-order valence-electron chi connectivity index (χ0n) is 19.4. The van der Waals surface area contributed by atoms with E-state index < -0.39 is 23.8 Å². The predicted molar refractivity (Wildman–Crippen MR) is 125 cm³/mol. The Hall–Kier alpha value is -3.55. The summed E-state index contributed by atoms with van der Waals surface area (Å²) in [5.41, 5.74) is 1.16. The van der Waals surface area contributed by atoms with Crippen molar-refractivity contribution in [2.45, 2.75) is 58.4 Å². The summed E-state index contributed by atoms with van der Waals surface area (Å²) in [5, 5.41) is 8.12. The zero-order chi connectivity index (χ0) is 24.1. The molecule has 33 heavy (non-hydrogen) atoms. The molecule has 0 radical (unpaired) electrons. The van der Waals surface area contributed by atoms with Crippen molar-refractivity contribution in [3.05, 3.63) is 71.8 Å². The molecule has 0 spiro atoms. The molecule has 0 bridgehead atoms. The number of benzene rings is 2. The van der Waals surface area contributed by atoms with Crippen LogP contribution in [0.2, 0.25) is 0 Å². The third-order valence-electron chi connectivity index (χ3n) is 4.47. The van der Waals surface area contributed by atoms with Crippen molar-refractivity contribution in [2.24, 2.45) is 0 Å². The monoisotopic (exact) mass is 455 g/mol. The van der Waals surface area contributed by atoms with Crippen molar-refractivity contribution in [3.8, 4) is 0 Å². The van der Waals surface area contributed by atoms with Crippen molar-refractivity contribution < 1.29 is 23.9 Å². The molecule has 2 rings (SSSR count). The van der Waals surface area contributed by atoms with Gasteiger partial charge in [-0.3, -0.25) is 4.79 Å². The van der Waals surface area contributed by atoms with E-state index in [2.05, 4.69) is 16.0 Å². The van der Waals surface area contributed by atoms with E-state index in [1.165, 1.54) is 0 Å². The molecule has 0 aliphatic rings. The Morgan fingerprint density at radius 3 is 2.06 bits per heavy atom. The Bertz CT molecular complexity index is 882. The van der Waals surface area contributed by atoms with Crippen LogP contribution in [0.25, 0.3) is 0 Å². The molecule has 1 atom stereocenters. The first kappa shape index (κ1) is 25.7. The van der Waals surface area contributed by atoms with E-state index >= 15 is 0 Å². The number of hydrogen-bond acceptors (Lipinski definition) is 5. The van der Waals surface area contributed by atoms with E-state index in [0.717, 1.165) is 11.1 Å². The van der Waals surface area contributed by atoms with E-state index in [9.17, 15) is 14.4 Å². The van der Waals surface area contributed by atoms with Crippen LogP contribution in [0.4, 0.5) is 9.59 Å². The highest BCUT2D eigenvalue weighted by Crippen LogP contribution is 2.08. The molecule has 0 saturated carbocycles. The molecule has 8 nitrogen and oxygen atoms in total. The number of amides is 3. The number of carbonyl (C=O) groups is 3. The Morgan fingerprint density at radius 2 is 1.45 bits per heavy atom. The lowest BCUT2D eigenvalue weighted by Gasteiger charge is -2.23. The second kappa shape index (κ2) is 13.1. The highest BCUT2D eigenvalue weighted by Gasteiger charge is 2.24. The summed E-state index contributed by atoms with van der Waals surface area (Å²) in [4.78, 5) is 36.8. The average molecular weight is 456 g/mol. The van der Waals surface area contributed by atoms with E-state index in [4.69, 9.17) is 9.47 Å². The fraction of sp³-hybridized carbons (Fsp3) is 0.400. The summed E-state index contributed by atoms with van der Waals surface area (Å²) in [5.74, 6) is -0.323. The first-order valence-electron chi connectivity index (χ1n) is 11.0. The Labute approximate surface area is 195 Å². The number of ether oxygens (including phenoxy) is 2. The maximum absolute atomic E-state index is 12.7. The molecule has 0 aliphatic carbocycles. The van der Waals surface area contributed by atoms with Gasteiger partial charge in [0.05, 0.1) is 0 Å².